The molecule has 0 spiro atoms. The molecule has 142 valence electrons. The third-order valence-corrected chi connectivity index (χ3v) is 5.09. The Hall–Kier alpha value is -1.05. The molecule has 2 rings (SSSR count). The second-order valence-electron chi connectivity index (χ2n) is 6.30. The minimum absolute atomic E-state index is 0. The van der Waals surface area contributed by atoms with Gasteiger partial charge in [0.25, 0.3) is 10.1 Å². The van der Waals surface area contributed by atoms with Gasteiger partial charge in [-0.05, 0) is 48.7 Å². The van der Waals surface area contributed by atoms with Crippen LogP contribution in [0.5, 0.6) is 17.2 Å². The summed E-state index contributed by atoms with van der Waals surface area (Å²) in [5, 5.41) is 12.2. The second kappa shape index (κ2) is 11.7. The summed E-state index contributed by atoms with van der Waals surface area (Å²) in [4.78, 5) is -0.199. The molecule has 0 aliphatic carbocycles. The molecule has 0 radical (unpaired) electrons. The topological polar surface area (TPSA) is 86.7 Å². The zero-order valence-electron chi connectivity index (χ0n) is 16.0. The van der Waals surface area contributed by atoms with Crippen molar-refractivity contribution in [1.82, 2.24) is 0 Å². The Morgan fingerprint density at radius 3 is 2.22 bits per heavy atom. The van der Waals surface area contributed by atoms with Gasteiger partial charge in [0.05, 0.1) is 4.90 Å². The molecule has 0 saturated heterocycles. The molecule has 0 atom stereocenters. The van der Waals surface area contributed by atoms with Gasteiger partial charge < -0.3 is 9.84 Å². The van der Waals surface area contributed by atoms with E-state index in [1.165, 1.54) is 56.0 Å². The van der Waals surface area contributed by atoms with Gasteiger partial charge >= 0.3 is 29.6 Å². The summed E-state index contributed by atoms with van der Waals surface area (Å²) in [7, 11) is -4.23. The molecule has 27 heavy (non-hydrogen) atoms. The molecule has 5 nitrogen and oxygen atoms in total. The summed E-state index contributed by atoms with van der Waals surface area (Å²) in [6.45, 7) is 2.18. The Morgan fingerprint density at radius 2 is 1.59 bits per heavy atom. The molecule has 0 aliphatic rings. The first-order valence-electron chi connectivity index (χ1n) is 8.96. The van der Waals surface area contributed by atoms with Crippen LogP contribution in [0.25, 0.3) is 0 Å². The van der Waals surface area contributed by atoms with Crippen molar-refractivity contribution in [2.75, 3.05) is 0 Å². The molecule has 0 aromatic heterocycles. The van der Waals surface area contributed by atoms with Crippen LogP contribution in [0, 0.1) is 0 Å². The Morgan fingerprint density at radius 1 is 0.963 bits per heavy atom. The average Bonchev–Trinajstić information content (AvgIpc) is 2.59. The predicted molar refractivity (Wildman–Crippen MR) is 99.3 cm³/mol. The largest absolute Gasteiger partial charge is 1.00 e. The van der Waals surface area contributed by atoms with Crippen LogP contribution in [-0.4, -0.2) is 13.0 Å². The molecule has 7 heteroatoms. The molecule has 0 unspecified atom stereocenters. The summed E-state index contributed by atoms with van der Waals surface area (Å²) < 4.78 is 37.0. The SMILES string of the molecule is CCCCCCCCc1c([O-])cccc1Oc1ccc(S(=O)(=O)O)cc1.[Na+]. The van der Waals surface area contributed by atoms with E-state index in [9.17, 15) is 13.5 Å². The summed E-state index contributed by atoms with van der Waals surface area (Å²) in [6, 6.07) is 10.3. The molecular weight excluding hydrogens is 375 g/mol. The van der Waals surface area contributed by atoms with Gasteiger partial charge in [0.1, 0.15) is 11.5 Å². The van der Waals surface area contributed by atoms with Crippen molar-refractivity contribution < 1.29 is 52.4 Å². The summed E-state index contributed by atoms with van der Waals surface area (Å²) in [6.07, 6.45) is 7.51. The molecular formula is C20H25NaO5S. The maximum absolute atomic E-state index is 12.2. The van der Waals surface area contributed by atoms with Crippen LogP contribution in [-0.2, 0) is 16.5 Å². The van der Waals surface area contributed by atoms with Gasteiger partial charge in [-0.25, -0.2) is 0 Å². The van der Waals surface area contributed by atoms with E-state index in [1.807, 2.05) is 0 Å². The van der Waals surface area contributed by atoms with Crippen molar-refractivity contribution in [2.24, 2.45) is 0 Å². The molecule has 2 aromatic rings. The van der Waals surface area contributed by atoms with E-state index >= 15 is 0 Å². The molecule has 2 aromatic carbocycles. The number of rotatable bonds is 10. The Labute approximate surface area is 183 Å². The first-order chi connectivity index (χ1) is 12.4. The summed E-state index contributed by atoms with van der Waals surface area (Å²) >= 11 is 0. The van der Waals surface area contributed by atoms with Gasteiger partial charge in [-0.15, -0.1) is 5.75 Å². The second-order valence-corrected chi connectivity index (χ2v) is 7.72. The zero-order valence-corrected chi connectivity index (χ0v) is 18.8. The van der Waals surface area contributed by atoms with E-state index in [-0.39, 0.29) is 40.2 Å². The van der Waals surface area contributed by atoms with Crippen LogP contribution in [0.15, 0.2) is 47.4 Å². The van der Waals surface area contributed by atoms with Crippen LogP contribution >= 0.6 is 0 Å². The first kappa shape index (κ1) is 24.0. The Balaban J connectivity index is 0.00000364. The van der Waals surface area contributed by atoms with Crippen LogP contribution < -0.4 is 39.4 Å². The van der Waals surface area contributed by atoms with Gasteiger partial charge in [0.15, 0.2) is 0 Å². The van der Waals surface area contributed by atoms with E-state index in [1.54, 1.807) is 12.1 Å². The predicted octanol–water partition coefficient (Wildman–Crippen LogP) is 1.71. The number of unbranched alkanes of at least 4 members (excludes halogenated alkanes) is 5. The number of hydrogen-bond acceptors (Lipinski definition) is 4. The minimum Gasteiger partial charge on any atom is -0.872 e. The van der Waals surface area contributed by atoms with Crippen LogP contribution in [0.4, 0.5) is 0 Å². The van der Waals surface area contributed by atoms with Gasteiger partial charge in [0.2, 0.25) is 0 Å². The summed E-state index contributed by atoms with van der Waals surface area (Å²) in [5.74, 6) is 0.850. The number of ether oxygens (including phenoxy) is 1. The minimum atomic E-state index is -4.23. The van der Waals surface area contributed by atoms with Crippen LogP contribution in [0.3, 0.4) is 0 Å². The number of hydrogen-bond donors (Lipinski definition) is 1. The third-order valence-electron chi connectivity index (χ3n) is 4.22. The molecule has 1 N–H and O–H groups in total. The monoisotopic (exact) mass is 400 g/mol. The van der Waals surface area contributed by atoms with E-state index in [4.69, 9.17) is 9.29 Å². The van der Waals surface area contributed by atoms with E-state index in [2.05, 4.69) is 6.92 Å². The molecule has 0 amide bonds. The molecule has 0 saturated carbocycles. The Kier molecular flexibility index (Phi) is 10.4. The molecule has 0 bridgehead atoms. The maximum Gasteiger partial charge on any atom is 1.00 e. The summed E-state index contributed by atoms with van der Waals surface area (Å²) in [5.41, 5.74) is 0.641. The van der Waals surface area contributed by atoms with Gasteiger partial charge in [-0.2, -0.15) is 8.42 Å². The third kappa shape index (κ3) is 7.84. The average molecular weight is 400 g/mol. The van der Waals surface area contributed by atoms with E-state index in [0.29, 0.717) is 23.5 Å². The standard InChI is InChI=1S/C20H26O5S.Na/c1-2-3-4-5-6-7-9-18-19(21)10-8-11-20(18)25-16-12-14-17(15-13-16)26(22,23)24;/h8,10-15,21H,2-7,9H2,1H3,(H,22,23,24);/q;+1/p-1. The fourth-order valence-corrected chi connectivity index (χ4v) is 3.26. The van der Waals surface area contributed by atoms with Crippen molar-refractivity contribution in [3.63, 3.8) is 0 Å². The maximum atomic E-state index is 12.2. The van der Waals surface area contributed by atoms with Gasteiger partial charge in [-0.1, -0.05) is 51.2 Å². The van der Waals surface area contributed by atoms with Gasteiger partial charge in [0, 0.05) is 0 Å². The van der Waals surface area contributed by atoms with Crippen LogP contribution in [0.1, 0.15) is 51.0 Å². The van der Waals surface area contributed by atoms with Crippen molar-refractivity contribution in [1.29, 1.82) is 0 Å². The fourth-order valence-electron chi connectivity index (χ4n) is 2.78. The molecule has 0 heterocycles. The normalized spacial score (nSPS) is 11.0. The van der Waals surface area contributed by atoms with Crippen molar-refractivity contribution in [2.45, 2.75) is 56.8 Å². The molecule has 0 fully saturated rings. The Bertz CT molecular complexity index is 804. The van der Waals surface area contributed by atoms with Crippen molar-refractivity contribution in [3.8, 4) is 17.2 Å². The van der Waals surface area contributed by atoms with Gasteiger partial charge in [-0.3, -0.25) is 4.55 Å². The van der Waals surface area contributed by atoms with E-state index in [0.717, 1.165) is 12.8 Å². The van der Waals surface area contributed by atoms with E-state index < -0.39 is 10.1 Å². The smallest absolute Gasteiger partial charge is 0.872 e. The first-order valence-corrected chi connectivity index (χ1v) is 10.4. The van der Waals surface area contributed by atoms with Crippen LogP contribution in [0.2, 0.25) is 0 Å². The zero-order chi connectivity index (χ0) is 19.0. The number of benzene rings is 2. The van der Waals surface area contributed by atoms with Crippen molar-refractivity contribution >= 4 is 10.1 Å². The van der Waals surface area contributed by atoms with Crippen molar-refractivity contribution in [3.05, 3.63) is 48.0 Å². The molecule has 0 aliphatic heterocycles. The quantitative estimate of drug-likeness (QED) is 0.373. The fraction of sp³-hybridized carbons (Fsp3) is 0.400.